The molecule has 0 saturated heterocycles. The second-order valence-electron chi connectivity index (χ2n) is 5.00. The highest BCUT2D eigenvalue weighted by Crippen LogP contribution is 2.27. The number of halogens is 2. The van der Waals surface area contributed by atoms with Crippen molar-refractivity contribution >= 4 is 29.3 Å². The molecule has 0 bridgehead atoms. The lowest BCUT2D eigenvalue weighted by Gasteiger charge is -2.10. The second kappa shape index (κ2) is 9.03. The maximum absolute atomic E-state index is 12.2. The third-order valence-electron chi connectivity index (χ3n) is 3.04. The van der Waals surface area contributed by atoms with Crippen LogP contribution in [0.1, 0.15) is 5.56 Å². The van der Waals surface area contributed by atoms with E-state index in [0.717, 1.165) is 4.90 Å². The minimum Gasteiger partial charge on any atom is -0.435 e. The monoisotopic (exact) mass is 366 g/mol. The molecule has 0 atom stereocenters. The third kappa shape index (κ3) is 6.42. The molecule has 0 aliphatic heterocycles. The van der Waals surface area contributed by atoms with Gasteiger partial charge in [-0.05, 0) is 29.8 Å². The molecule has 0 radical (unpaired) electrons. The molecule has 2 aromatic rings. The summed E-state index contributed by atoms with van der Waals surface area (Å²) in [6.45, 7) is -2.89. The molecule has 2 amide bonds. The number of benzene rings is 2. The Hall–Kier alpha value is -2.61. The molecule has 0 fully saturated rings. The lowest BCUT2D eigenvalue weighted by Crippen LogP contribution is -2.16. The number of hydrogen-bond donors (Lipinski definition) is 2. The maximum Gasteiger partial charge on any atom is 0.387 e. The zero-order valence-electron chi connectivity index (χ0n) is 13.1. The van der Waals surface area contributed by atoms with Gasteiger partial charge in [-0.1, -0.05) is 24.3 Å². The summed E-state index contributed by atoms with van der Waals surface area (Å²) in [7, 11) is 0. The lowest BCUT2D eigenvalue weighted by atomic mass is 10.1. The summed E-state index contributed by atoms with van der Waals surface area (Å²) in [4.78, 5) is 23.8. The van der Waals surface area contributed by atoms with Crippen LogP contribution >= 0.6 is 11.8 Å². The number of ether oxygens (including phenoxy) is 1. The third-order valence-corrected chi connectivity index (χ3v) is 4.14. The molecule has 5 nitrogen and oxygen atoms in total. The first-order valence-electron chi connectivity index (χ1n) is 7.28. The molecule has 25 heavy (non-hydrogen) atoms. The zero-order chi connectivity index (χ0) is 18.2. The average molecular weight is 366 g/mol. The Morgan fingerprint density at radius 1 is 1.12 bits per heavy atom. The van der Waals surface area contributed by atoms with Crippen LogP contribution in [0.2, 0.25) is 0 Å². The van der Waals surface area contributed by atoms with Crippen LogP contribution in [0.15, 0.2) is 53.4 Å². The number of anilines is 1. The lowest BCUT2D eigenvalue weighted by molar-refractivity contribution is -0.116. The van der Waals surface area contributed by atoms with Crippen molar-refractivity contribution in [3.05, 3.63) is 54.1 Å². The summed E-state index contributed by atoms with van der Waals surface area (Å²) >= 11 is 1.23. The zero-order valence-corrected chi connectivity index (χ0v) is 13.9. The van der Waals surface area contributed by atoms with Gasteiger partial charge in [0.25, 0.3) is 0 Å². The van der Waals surface area contributed by atoms with Gasteiger partial charge in [0.05, 0.1) is 17.9 Å². The van der Waals surface area contributed by atoms with E-state index in [1.807, 2.05) is 0 Å². The number of carbonyl (C=O) groups is 2. The van der Waals surface area contributed by atoms with Crippen molar-refractivity contribution < 1.29 is 23.1 Å². The van der Waals surface area contributed by atoms with Crippen molar-refractivity contribution in [2.24, 2.45) is 5.73 Å². The standard InChI is InChI=1S/C17H16F2N2O3S/c18-17(19)24-12-7-5-11(6-8-12)9-16(23)21-13-3-1-2-4-14(13)25-10-15(20)22/h1-8,17H,9-10H2,(H2,20,22)(H,21,23). The van der Waals surface area contributed by atoms with Crippen LogP contribution in [0, 0.1) is 0 Å². The summed E-state index contributed by atoms with van der Waals surface area (Å²) in [6, 6.07) is 12.9. The minimum absolute atomic E-state index is 0.0346. The molecule has 3 N–H and O–H groups in total. The van der Waals surface area contributed by atoms with Crippen molar-refractivity contribution in [1.29, 1.82) is 0 Å². The van der Waals surface area contributed by atoms with Gasteiger partial charge in [-0.15, -0.1) is 11.8 Å². The summed E-state index contributed by atoms with van der Waals surface area (Å²) < 4.78 is 28.5. The first kappa shape index (κ1) is 18.7. The number of nitrogens with one attached hydrogen (secondary N) is 1. The van der Waals surface area contributed by atoms with Gasteiger partial charge in [0.15, 0.2) is 0 Å². The maximum atomic E-state index is 12.2. The van der Waals surface area contributed by atoms with Crippen LogP contribution in [0.4, 0.5) is 14.5 Å². The van der Waals surface area contributed by atoms with Gasteiger partial charge in [-0.25, -0.2) is 0 Å². The Bertz CT molecular complexity index is 739. The van der Waals surface area contributed by atoms with Gasteiger partial charge in [0, 0.05) is 4.90 Å². The number of primary amides is 1. The SMILES string of the molecule is NC(=O)CSc1ccccc1NC(=O)Cc1ccc(OC(F)F)cc1. The predicted octanol–water partition coefficient (Wildman–Crippen LogP) is 3.05. The number of alkyl halides is 2. The highest BCUT2D eigenvalue weighted by molar-refractivity contribution is 8.00. The first-order valence-corrected chi connectivity index (χ1v) is 8.26. The molecule has 0 saturated carbocycles. The largest absolute Gasteiger partial charge is 0.435 e. The van der Waals surface area contributed by atoms with Crippen molar-refractivity contribution in [1.82, 2.24) is 0 Å². The molecular formula is C17H16F2N2O3S. The fourth-order valence-electron chi connectivity index (χ4n) is 2.01. The topological polar surface area (TPSA) is 81.4 Å². The smallest absolute Gasteiger partial charge is 0.387 e. The van der Waals surface area contributed by atoms with E-state index < -0.39 is 12.5 Å². The molecule has 2 aromatic carbocycles. The van der Waals surface area contributed by atoms with Crippen LogP contribution < -0.4 is 15.8 Å². The Morgan fingerprint density at radius 2 is 1.80 bits per heavy atom. The highest BCUT2D eigenvalue weighted by Gasteiger charge is 2.10. The van der Waals surface area contributed by atoms with E-state index in [1.54, 1.807) is 36.4 Å². The molecule has 0 aliphatic carbocycles. The first-order chi connectivity index (χ1) is 11.9. The fraction of sp³-hybridized carbons (Fsp3) is 0.176. The highest BCUT2D eigenvalue weighted by atomic mass is 32.2. The van der Waals surface area contributed by atoms with E-state index in [-0.39, 0.29) is 23.8 Å². The average Bonchev–Trinajstić information content (AvgIpc) is 2.55. The Labute approximate surface area is 147 Å². The Kier molecular flexibility index (Phi) is 6.76. The van der Waals surface area contributed by atoms with E-state index in [2.05, 4.69) is 10.1 Å². The van der Waals surface area contributed by atoms with Gasteiger partial charge >= 0.3 is 6.61 Å². The number of carbonyl (C=O) groups excluding carboxylic acids is 2. The molecule has 0 spiro atoms. The van der Waals surface area contributed by atoms with Gasteiger partial charge in [0.2, 0.25) is 11.8 Å². The van der Waals surface area contributed by atoms with Crippen molar-refractivity contribution in [3.63, 3.8) is 0 Å². The van der Waals surface area contributed by atoms with Crippen molar-refractivity contribution in [3.8, 4) is 5.75 Å². The number of nitrogens with two attached hydrogens (primary N) is 1. The summed E-state index contributed by atoms with van der Waals surface area (Å²) in [5, 5.41) is 2.77. The van der Waals surface area contributed by atoms with Crippen LogP contribution in [0.3, 0.4) is 0 Å². The molecule has 0 heterocycles. The summed E-state index contributed by atoms with van der Waals surface area (Å²) in [6.07, 6.45) is 0.0732. The molecule has 8 heteroatoms. The van der Waals surface area contributed by atoms with Gasteiger partial charge in [0.1, 0.15) is 5.75 Å². The quantitative estimate of drug-likeness (QED) is 0.704. The minimum atomic E-state index is -2.89. The molecule has 2 rings (SSSR count). The normalized spacial score (nSPS) is 10.5. The summed E-state index contributed by atoms with van der Waals surface area (Å²) in [5.41, 5.74) is 6.37. The van der Waals surface area contributed by atoms with E-state index in [9.17, 15) is 18.4 Å². The van der Waals surface area contributed by atoms with E-state index in [1.165, 1.54) is 23.9 Å². The van der Waals surface area contributed by atoms with Crippen LogP contribution in [0.5, 0.6) is 5.75 Å². The molecule has 132 valence electrons. The molecule has 0 unspecified atom stereocenters. The number of amides is 2. The van der Waals surface area contributed by atoms with Gasteiger partial charge < -0.3 is 15.8 Å². The van der Waals surface area contributed by atoms with Crippen LogP contribution in [-0.4, -0.2) is 24.2 Å². The van der Waals surface area contributed by atoms with E-state index in [0.29, 0.717) is 11.3 Å². The summed E-state index contributed by atoms with van der Waals surface area (Å²) in [5.74, 6) is -0.572. The molecule has 0 aromatic heterocycles. The van der Waals surface area contributed by atoms with Crippen molar-refractivity contribution in [2.75, 3.05) is 11.1 Å². The van der Waals surface area contributed by atoms with Gasteiger partial charge in [-0.3, -0.25) is 9.59 Å². The molecular weight excluding hydrogens is 350 g/mol. The predicted molar refractivity (Wildman–Crippen MR) is 91.8 cm³/mol. The van der Waals surface area contributed by atoms with Crippen LogP contribution in [-0.2, 0) is 16.0 Å². The van der Waals surface area contributed by atoms with E-state index >= 15 is 0 Å². The number of thioether (sulfide) groups is 1. The van der Waals surface area contributed by atoms with Gasteiger partial charge in [-0.2, -0.15) is 8.78 Å². The van der Waals surface area contributed by atoms with Crippen LogP contribution in [0.25, 0.3) is 0 Å². The fourth-order valence-corrected chi connectivity index (χ4v) is 2.76. The number of para-hydroxylation sites is 1. The number of rotatable bonds is 8. The van der Waals surface area contributed by atoms with Crippen molar-refractivity contribution in [2.45, 2.75) is 17.9 Å². The molecule has 0 aliphatic rings. The van der Waals surface area contributed by atoms with E-state index in [4.69, 9.17) is 5.73 Å². The number of hydrogen-bond acceptors (Lipinski definition) is 4. The second-order valence-corrected chi connectivity index (χ2v) is 6.02. The Balaban J connectivity index is 1.97. The Morgan fingerprint density at radius 3 is 2.44 bits per heavy atom.